The minimum absolute atomic E-state index is 0.420. The maximum Gasteiger partial charge on any atom is 0.168 e. The third-order valence-corrected chi connectivity index (χ3v) is 3.77. The van der Waals surface area contributed by atoms with Crippen LogP contribution in [-0.4, -0.2) is 38.9 Å². The highest BCUT2D eigenvalue weighted by atomic mass is 15.3. The van der Waals surface area contributed by atoms with E-state index in [1.54, 1.807) is 6.33 Å². The lowest BCUT2D eigenvalue weighted by molar-refractivity contribution is 0.789. The van der Waals surface area contributed by atoms with Crippen molar-refractivity contribution in [1.82, 2.24) is 25.1 Å². The first kappa shape index (κ1) is 12.3. The molecule has 3 heterocycles. The molecule has 106 valence electrons. The van der Waals surface area contributed by atoms with Gasteiger partial charge in [-0.05, 0) is 25.1 Å². The third-order valence-electron chi connectivity index (χ3n) is 3.77. The lowest BCUT2D eigenvalue weighted by Crippen LogP contribution is -2.22. The van der Waals surface area contributed by atoms with E-state index in [4.69, 9.17) is 0 Å². The molecule has 1 atom stereocenters. The van der Waals surface area contributed by atoms with Crippen LogP contribution in [0.25, 0.3) is 16.7 Å². The van der Waals surface area contributed by atoms with Crippen LogP contribution in [0.2, 0.25) is 0 Å². The van der Waals surface area contributed by atoms with Gasteiger partial charge in [-0.3, -0.25) is 0 Å². The summed E-state index contributed by atoms with van der Waals surface area (Å²) in [6.45, 7) is 2.02. The first-order valence-corrected chi connectivity index (χ1v) is 7.13. The first-order valence-electron chi connectivity index (χ1n) is 7.13. The lowest BCUT2D eigenvalue weighted by Gasteiger charge is -2.12. The van der Waals surface area contributed by atoms with Crippen molar-refractivity contribution in [2.24, 2.45) is 0 Å². The molecule has 4 rings (SSSR count). The van der Waals surface area contributed by atoms with E-state index in [0.717, 1.165) is 42.0 Å². The Morgan fingerprint density at radius 3 is 2.90 bits per heavy atom. The summed E-state index contributed by atoms with van der Waals surface area (Å²) < 4.78 is 1.84. The second-order valence-electron chi connectivity index (χ2n) is 5.19. The largest absolute Gasteiger partial charge is 0.365 e. The van der Waals surface area contributed by atoms with Gasteiger partial charge in [0.25, 0.3) is 0 Å². The van der Waals surface area contributed by atoms with Crippen LogP contribution in [0.1, 0.15) is 6.42 Å². The zero-order valence-electron chi connectivity index (χ0n) is 11.5. The zero-order valence-corrected chi connectivity index (χ0v) is 11.5. The molecule has 0 spiro atoms. The minimum atomic E-state index is 0.420. The van der Waals surface area contributed by atoms with Crippen LogP contribution < -0.4 is 10.6 Å². The Labute approximate surface area is 122 Å². The molecular formula is C15H16N6. The van der Waals surface area contributed by atoms with Crippen LogP contribution in [-0.2, 0) is 0 Å². The van der Waals surface area contributed by atoms with Crippen LogP contribution in [0.5, 0.6) is 0 Å². The summed E-state index contributed by atoms with van der Waals surface area (Å²) in [7, 11) is 0. The molecule has 0 aliphatic carbocycles. The van der Waals surface area contributed by atoms with Gasteiger partial charge < -0.3 is 10.6 Å². The summed E-state index contributed by atoms with van der Waals surface area (Å²) in [4.78, 5) is 8.76. The predicted molar refractivity (Wildman–Crippen MR) is 81.6 cm³/mol. The van der Waals surface area contributed by atoms with Gasteiger partial charge in [-0.25, -0.2) is 14.6 Å². The monoisotopic (exact) mass is 280 g/mol. The van der Waals surface area contributed by atoms with E-state index in [0.29, 0.717) is 6.04 Å². The van der Waals surface area contributed by atoms with Crippen molar-refractivity contribution in [1.29, 1.82) is 0 Å². The predicted octanol–water partition coefficient (Wildman–Crippen LogP) is 1.59. The minimum Gasteiger partial charge on any atom is -0.365 e. The van der Waals surface area contributed by atoms with Crippen molar-refractivity contribution in [3.63, 3.8) is 0 Å². The number of nitrogens with one attached hydrogen (secondary N) is 2. The lowest BCUT2D eigenvalue weighted by atomic mass is 10.2. The molecule has 1 saturated heterocycles. The molecule has 6 heteroatoms. The second-order valence-corrected chi connectivity index (χ2v) is 5.19. The van der Waals surface area contributed by atoms with E-state index in [9.17, 15) is 0 Å². The van der Waals surface area contributed by atoms with Gasteiger partial charge in [-0.2, -0.15) is 5.10 Å². The third kappa shape index (κ3) is 2.23. The Bertz CT molecular complexity index is 745. The van der Waals surface area contributed by atoms with Crippen molar-refractivity contribution in [2.75, 3.05) is 18.4 Å². The summed E-state index contributed by atoms with van der Waals surface area (Å²) >= 11 is 0. The van der Waals surface area contributed by atoms with Crippen molar-refractivity contribution in [3.8, 4) is 5.69 Å². The molecule has 21 heavy (non-hydrogen) atoms. The van der Waals surface area contributed by atoms with Crippen molar-refractivity contribution < 1.29 is 0 Å². The Morgan fingerprint density at radius 1 is 1.19 bits per heavy atom. The van der Waals surface area contributed by atoms with Gasteiger partial charge in [0.1, 0.15) is 12.1 Å². The van der Waals surface area contributed by atoms with E-state index >= 15 is 0 Å². The van der Waals surface area contributed by atoms with Gasteiger partial charge in [0.15, 0.2) is 5.65 Å². The number of hydrogen-bond donors (Lipinski definition) is 2. The maximum absolute atomic E-state index is 4.46. The highest BCUT2D eigenvalue weighted by Crippen LogP contribution is 2.22. The molecule has 2 N–H and O–H groups in total. The van der Waals surface area contributed by atoms with Crippen LogP contribution in [0.3, 0.4) is 0 Å². The van der Waals surface area contributed by atoms with Gasteiger partial charge >= 0.3 is 0 Å². The van der Waals surface area contributed by atoms with Gasteiger partial charge in [0.2, 0.25) is 0 Å². The van der Waals surface area contributed by atoms with E-state index < -0.39 is 0 Å². The average Bonchev–Trinajstić information content (AvgIpc) is 3.18. The molecule has 0 saturated carbocycles. The van der Waals surface area contributed by atoms with E-state index in [1.165, 1.54) is 0 Å². The fourth-order valence-electron chi connectivity index (χ4n) is 2.69. The molecular weight excluding hydrogens is 264 g/mol. The number of aromatic nitrogens is 4. The van der Waals surface area contributed by atoms with Crippen molar-refractivity contribution in [2.45, 2.75) is 12.5 Å². The Balaban J connectivity index is 1.75. The maximum atomic E-state index is 4.46. The summed E-state index contributed by atoms with van der Waals surface area (Å²) in [5.41, 5.74) is 1.82. The van der Waals surface area contributed by atoms with Crippen molar-refractivity contribution in [3.05, 3.63) is 42.9 Å². The molecule has 0 radical (unpaired) electrons. The molecule has 0 amide bonds. The summed E-state index contributed by atoms with van der Waals surface area (Å²) in [6, 6.07) is 10.4. The highest BCUT2D eigenvalue weighted by molar-refractivity contribution is 5.87. The molecule has 0 bridgehead atoms. The number of hydrogen-bond acceptors (Lipinski definition) is 5. The van der Waals surface area contributed by atoms with Crippen LogP contribution in [0, 0.1) is 0 Å². The van der Waals surface area contributed by atoms with Crippen molar-refractivity contribution >= 4 is 16.9 Å². The number of benzene rings is 1. The first-order chi connectivity index (χ1) is 10.4. The SMILES string of the molecule is c1ccc(-n2ncc3c(NC4CCNC4)ncnc32)cc1. The highest BCUT2D eigenvalue weighted by Gasteiger charge is 2.17. The number of fused-ring (bicyclic) bond motifs is 1. The smallest absolute Gasteiger partial charge is 0.168 e. The van der Waals surface area contributed by atoms with Gasteiger partial charge in [0.05, 0.1) is 17.3 Å². The normalized spacial score (nSPS) is 18.2. The van der Waals surface area contributed by atoms with E-state index in [1.807, 2.05) is 41.2 Å². The van der Waals surface area contributed by atoms with Crippen LogP contribution >= 0.6 is 0 Å². The van der Waals surface area contributed by atoms with E-state index in [-0.39, 0.29) is 0 Å². The van der Waals surface area contributed by atoms with E-state index in [2.05, 4.69) is 25.7 Å². The number of para-hydroxylation sites is 1. The quantitative estimate of drug-likeness (QED) is 0.762. The van der Waals surface area contributed by atoms with Gasteiger partial charge in [0, 0.05) is 12.6 Å². The Kier molecular flexibility index (Phi) is 3.01. The summed E-state index contributed by atoms with van der Waals surface area (Å²) in [5.74, 6) is 0.857. The molecule has 1 aromatic carbocycles. The molecule has 1 fully saturated rings. The van der Waals surface area contributed by atoms with Gasteiger partial charge in [-0.1, -0.05) is 18.2 Å². The fourth-order valence-corrected chi connectivity index (χ4v) is 2.69. The average molecular weight is 280 g/mol. The van der Waals surface area contributed by atoms with Gasteiger partial charge in [-0.15, -0.1) is 0 Å². The Morgan fingerprint density at radius 2 is 2.10 bits per heavy atom. The molecule has 1 unspecified atom stereocenters. The molecule has 1 aliphatic heterocycles. The number of nitrogens with zero attached hydrogens (tertiary/aromatic N) is 4. The van der Waals surface area contributed by atoms with Crippen LogP contribution in [0.15, 0.2) is 42.9 Å². The number of anilines is 1. The Hall–Kier alpha value is -2.47. The zero-order chi connectivity index (χ0) is 14.1. The topological polar surface area (TPSA) is 67.7 Å². The second kappa shape index (κ2) is 5.14. The summed E-state index contributed by atoms with van der Waals surface area (Å²) in [6.07, 6.45) is 4.53. The molecule has 2 aromatic heterocycles. The standard InChI is InChI=1S/C15H16N6/c1-2-4-12(5-3-1)21-15-13(9-19-21)14(17-10-18-15)20-11-6-7-16-8-11/h1-5,9-11,16H,6-8H2,(H,17,18,20). The summed E-state index contributed by atoms with van der Waals surface area (Å²) in [5, 5.41) is 12.2. The number of rotatable bonds is 3. The van der Waals surface area contributed by atoms with Crippen LogP contribution in [0.4, 0.5) is 5.82 Å². The fraction of sp³-hybridized carbons (Fsp3) is 0.267. The molecule has 3 aromatic rings. The molecule has 6 nitrogen and oxygen atoms in total. The molecule has 1 aliphatic rings.